The zero-order valence-corrected chi connectivity index (χ0v) is 13.4. The van der Waals surface area contributed by atoms with Crippen molar-refractivity contribution in [1.29, 1.82) is 0 Å². The molecule has 4 nitrogen and oxygen atoms in total. The lowest BCUT2D eigenvalue weighted by atomic mass is 10.0. The zero-order valence-electron chi connectivity index (χ0n) is 13.4. The Morgan fingerprint density at radius 3 is 2.86 bits per heavy atom. The van der Waals surface area contributed by atoms with Crippen molar-refractivity contribution in [2.45, 2.75) is 32.8 Å². The monoisotopic (exact) mass is 298 g/mol. The van der Waals surface area contributed by atoms with E-state index in [9.17, 15) is 4.79 Å². The Balaban J connectivity index is 2.06. The number of carbonyl (C=O) groups is 1. The summed E-state index contributed by atoms with van der Waals surface area (Å²) >= 11 is 0. The standard InChI is InChI=1S/C18H22N2O2/c1-12(2)17-10-15(14-6-4-5-7-16(14)19-17)18(21)20-8-9-22-13(3)11-20/h4-7,10,12-13H,8-9,11H2,1-3H3/t13-/m1/s1. The number of ether oxygens (including phenoxy) is 1. The van der Waals surface area contributed by atoms with Gasteiger partial charge in [-0.3, -0.25) is 9.78 Å². The van der Waals surface area contributed by atoms with E-state index in [-0.39, 0.29) is 12.0 Å². The van der Waals surface area contributed by atoms with Gasteiger partial charge in [-0.15, -0.1) is 0 Å². The third-order valence-electron chi connectivity index (χ3n) is 4.09. The van der Waals surface area contributed by atoms with E-state index in [2.05, 4.69) is 18.8 Å². The highest BCUT2D eigenvalue weighted by Crippen LogP contribution is 2.24. The molecule has 1 atom stereocenters. The van der Waals surface area contributed by atoms with Gasteiger partial charge in [0.25, 0.3) is 5.91 Å². The minimum Gasteiger partial charge on any atom is -0.375 e. The Morgan fingerprint density at radius 2 is 2.14 bits per heavy atom. The Kier molecular flexibility index (Phi) is 4.12. The molecule has 0 radical (unpaired) electrons. The molecule has 2 heterocycles. The number of aromatic nitrogens is 1. The van der Waals surface area contributed by atoms with E-state index in [0.29, 0.717) is 25.6 Å². The lowest BCUT2D eigenvalue weighted by Crippen LogP contribution is -2.44. The highest BCUT2D eigenvalue weighted by atomic mass is 16.5. The van der Waals surface area contributed by atoms with Crippen molar-refractivity contribution in [1.82, 2.24) is 9.88 Å². The Bertz CT molecular complexity index is 697. The Labute approximate surface area is 131 Å². The van der Waals surface area contributed by atoms with Crippen molar-refractivity contribution in [2.24, 2.45) is 0 Å². The second-order valence-electron chi connectivity index (χ2n) is 6.20. The molecule has 0 bridgehead atoms. The minimum atomic E-state index is 0.0793. The molecule has 116 valence electrons. The number of nitrogens with zero attached hydrogens (tertiary/aromatic N) is 2. The molecule has 1 aliphatic heterocycles. The summed E-state index contributed by atoms with van der Waals surface area (Å²) in [5.41, 5.74) is 2.60. The normalized spacial score (nSPS) is 18.9. The molecule has 1 fully saturated rings. The molecule has 1 aromatic heterocycles. The van der Waals surface area contributed by atoms with Gasteiger partial charge in [-0.05, 0) is 25.0 Å². The number of morpholine rings is 1. The predicted molar refractivity (Wildman–Crippen MR) is 87.1 cm³/mol. The van der Waals surface area contributed by atoms with Gasteiger partial charge in [-0.2, -0.15) is 0 Å². The molecule has 0 saturated carbocycles. The molecule has 4 heteroatoms. The van der Waals surface area contributed by atoms with E-state index in [1.807, 2.05) is 42.2 Å². The van der Waals surface area contributed by atoms with E-state index in [1.54, 1.807) is 0 Å². The van der Waals surface area contributed by atoms with Crippen molar-refractivity contribution in [3.63, 3.8) is 0 Å². The lowest BCUT2D eigenvalue weighted by molar-refractivity contribution is -0.0123. The van der Waals surface area contributed by atoms with Gasteiger partial charge in [0.05, 0.1) is 23.8 Å². The van der Waals surface area contributed by atoms with Crippen LogP contribution in [0.2, 0.25) is 0 Å². The third-order valence-corrected chi connectivity index (χ3v) is 4.09. The SMILES string of the molecule is CC(C)c1cc(C(=O)N2CCO[C@H](C)C2)c2ccccc2n1. The van der Waals surface area contributed by atoms with Crippen molar-refractivity contribution in [2.75, 3.05) is 19.7 Å². The van der Waals surface area contributed by atoms with E-state index >= 15 is 0 Å². The summed E-state index contributed by atoms with van der Waals surface area (Å²) in [6.45, 7) is 8.10. The van der Waals surface area contributed by atoms with Gasteiger partial charge < -0.3 is 9.64 Å². The smallest absolute Gasteiger partial charge is 0.254 e. The minimum absolute atomic E-state index is 0.0793. The van der Waals surface area contributed by atoms with Gasteiger partial charge in [0.15, 0.2) is 0 Å². The average molecular weight is 298 g/mol. The maximum absolute atomic E-state index is 13.0. The first-order chi connectivity index (χ1) is 10.6. The zero-order chi connectivity index (χ0) is 15.7. The van der Waals surface area contributed by atoms with E-state index in [4.69, 9.17) is 4.74 Å². The van der Waals surface area contributed by atoms with Crippen LogP contribution in [0, 0.1) is 0 Å². The summed E-state index contributed by atoms with van der Waals surface area (Å²) in [5, 5.41) is 0.927. The number of rotatable bonds is 2. The first kappa shape index (κ1) is 15.0. The second kappa shape index (κ2) is 6.05. The quantitative estimate of drug-likeness (QED) is 0.855. The average Bonchev–Trinajstić information content (AvgIpc) is 2.53. The summed E-state index contributed by atoms with van der Waals surface area (Å²) in [5.74, 6) is 0.371. The largest absolute Gasteiger partial charge is 0.375 e. The molecule has 2 aromatic rings. The lowest BCUT2D eigenvalue weighted by Gasteiger charge is -2.31. The van der Waals surface area contributed by atoms with Crippen LogP contribution in [-0.4, -0.2) is 41.6 Å². The number of hydrogen-bond acceptors (Lipinski definition) is 3. The number of benzene rings is 1. The summed E-state index contributed by atoms with van der Waals surface area (Å²) < 4.78 is 5.54. The highest BCUT2D eigenvalue weighted by Gasteiger charge is 2.24. The molecule has 1 aliphatic rings. The second-order valence-corrected chi connectivity index (χ2v) is 6.20. The van der Waals surface area contributed by atoms with Gasteiger partial charge in [0.1, 0.15) is 0 Å². The molecule has 0 N–H and O–H groups in total. The van der Waals surface area contributed by atoms with Gasteiger partial charge in [0, 0.05) is 24.2 Å². The maximum atomic E-state index is 13.0. The van der Waals surface area contributed by atoms with Crippen LogP contribution in [0.1, 0.15) is 42.7 Å². The third kappa shape index (κ3) is 2.83. The fourth-order valence-corrected chi connectivity index (χ4v) is 2.84. The molecule has 1 saturated heterocycles. The number of amides is 1. The first-order valence-corrected chi connectivity index (χ1v) is 7.87. The van der Waals surface area contributed by atoms with Crippen molar-refractivity contribution in [3.8, 4) is 0 Å². The van der Waals surface area contributed by atoms with Crippen LogP contribution in [-0.2, 0) is 4.74 Å². The molecule has 1 amide bonds. The van der Waals surface area contributed by atoms with Crippen LogP contribution in [0.4, 0.5) is 0 Å². The molecule has 3 rings (SSSR count). The molecule has 22 heavy (non-hydrogen) atoms. The summed E-state index contributed by atoms with van der Waals surface area (Å²) in [6.07, 6.45) is 0.0929. The number of hydrogen-bond donors (Lipinski definition) is 0. The highest BCUT2D eigenvalue weighted by molar-refractivity contribution is 6.06. The van der Waals surface area contributed by atoms with Crippen LogP contribution < -0.4 is 0 Å². The van der Waals surface area contributed by atoms with Crippen molar-refractivity contribution >= 4 is 16.8 Å². The molecule has 0 unspecified atom stereocenters. The van der Waals surface area contributed by atoms with Crippen LogP contribution in [0.15, 0.2) is 30.3 Å². The van der Waals surface area contributed by atoms with Gasteiger partial charge in [-0.25, -0.2) is 0 Å². The van der Waals surface area contributed by atoms with Crippen molar-refractivity contribution in [3.05, 3.63) is 41.6 Å². The summed E-state index contributed by atoms with van der Waals surface area (Å²) in [7, 11) is 0. The Hall–Kier alpha value is -1.94. The molecule has 0 aliphatic carbocycles. The number of para-hydroxylation sites is 1. The van der Waals surface area contributed by atoms with Crippen LogP contribution in [0.25, 0.3) is 10.9 Å². The number of carbonyl (C=O) groups excluding carboxylic acids is 1. The van der Waals surface area contributed by atoms with Gasteiger partial charge in [0.2, 0.25) is 0 Å². The maximum Gasteiger partial charge on any atom is 0.254 e. The molecule has 0 spiro atoms. The van der Waals surface area contributed by atoms with Crippen LogP contribution in [0.5, 0.6) is 0 Å². The molecular formula is C18H22N2O2. The van der Waals surface area contributed by atoms with E-state index in [1.165, 1.54) is 0 Å². The van der Waals surface area contributed by atoms with Crippen LogP contribution in [0.3, 0.4) is 0 Å². The summed E-state index contributed by atoms with van der Waals surface area (Å²) in [6, 6.07) is 9.82. The summed E-state index contributed by atoms with van der Waals surface area (Å²) in [4.78, 5) is 19.5. The van der Waals surface area contributed by atoms with E-state index < -0.39 is 0 Å². The number of pyridine rings is 1. The van der Waals surface area contributed by atoms with Crippen LogP contribution >= 0.6 is 0 Å². The van der Waals surface area contributed by atoms with E-state index in [0.717, 1.165) is 22.2 Å². The predicted octanol–water partition coefficient (Wildman–Crippen LogP) is 3.22. The van der Waals surface area contributed by atoms with Gasteiger partial charge in [-0.1, -0.05) is 32.0 Å². The van der Waals surface area contributed by atoms with Crippen molar-refractivity contribution < 1.29 is 9.53 Å². The molecular weight excluding hydrogens is 276 g/mol. The first-order valence-electron chi connectivity index (χ1n) is 7.87. The van der Waals surface area contributed by atoms with Gasteiger partial charge >= 0.3 is 0 Å². The topological polar surface area (TPSA) is 42.4 Å². The molecule has 1 aromatic carbocycles. The fraction of sp³-hybridized carbons (Fsp3) is 0.444. The Morgan fingerprint density at radius 1 is 1.36 bits per heavy atom. The number of fused-ring (bicyclic) bond motifs is 1. The fourth-order valence-electron chi connectivity index (χ4n) is 2.84.